The van der Waals surface area contributed by atoms with Crippen LogP contribution in [-0.2, 0) is 14.6 Å². The van der Waals surface area contributed by atoms with Gasteiger partial charge in [-0.05, 0) is 100.0 Å². The molecule has 0 saturated carbocycles. The summed E-state index contributed by atoms with van der Waals surface area (Å²) in [6.45, 7) is 7.92. The van der Waals surface area contributed by atoms with Crippen molar-refractivity contribution >= 4 is 15.8 Å². The molecular weight excluding hydrogens is 510 g/mol. The van der Waals surface area contributed by atoms with Gasteiger partial charge >= 0.3 is 5.97 Å². The Morgan fingerprint density at radius 3 is 2.34 bits per heavy atom. The summed E-state index contributed by atoms with van der Waals surface area (Å²) in [7, 11) is -3.44. The van der Waals surface area contributed by atoms with E-state index in [0.29, 0.717) is 18.9 Å². The van der Waals surface area contributed by atoms with Crippen molar-refractivity contribution in [2.24, 2.45) is 11.8 Å². The van der Waals surface area contributed by atoms with Crippen molar-refractivity contribution in [3.8, 4) is 0 Å². The van der Waals surface area contributed by atoms with Gasteiger partial charge in [0.15, 0.2) is 9.84 Å². The van der Waals surface area contributed by atoms with Crippen LogP contribution in [0.3, 0.4) is 0 Å². The fraction of sp³-hybridized carbons (Fsp3) is 0.552. The molecule has 2 aliphatic heterocycles. The Morgan fingerprint density at radius 2 is 1.71 bits per heavy atom. The monoisotopic (exact) mass is 548 g/mol. The van der Waals surface area contributed by atoms with E-state index in [1.807, 2.05) is 19.9 Å². The lowest BCUT2D eigenvalue weighted by molar-refractivity contribution is -0.139. The average Bonchev–Trinajstić information content (AvgIpc) is 3.28. The highest BCUT2D eigenvalue weighted by Gasteiger charge is 2.42. The zero-order valence-electron chi connectivity index (χ0n) is 22.2. The summed E-state index contributed by atoms with van der Waals surface area (Å²) in [5.74, 6) is -0.828. The summed E-state index contributed by atoms with van der Waals surface area (Å²) < 4.78 is 52.5. The van der Waals surface area contributed by atoms with Crippen LogP contribution in [0.2, 0.25) is 0 Å². The summed E-state index contributed by atoms with van der Waals surface area (Å²) >= 11 is 0. The Labute approximate surface area is 224 Å². The van der Waals surface area contributed by atoms with Gasteiger partial charge in [0.05, 0.1) is 17.1 Å². The van der Waals surface area contributed by atoms with Gasteiger partial charge in [-0.25, -0.2) is 17.2 Å². The number of hydrogen-bond acceptors (Lipinski definition) is 5. The lowest BCUT2D eigenvalue weighted by atomic mass is 9.87. The molecule has 0 spiro atoms. The van der Waals surface area contributed by atoms with E-state index in [9.17, 15) is 27.1 Å². The third-order valence-electron chi connectivity index (χ3n) is 8.33. The van der Waals surface area contributed by atoms with Gasteiger partial charge in [0.25, 0.3) is 0 Å². The Morgan fingerprint density at radius 1 is 1.03 bits per heavy atom. The summed E-state index contributed by atoms with van der Waals surface area (Å²) in [4.78, 5) is 16.3. The van der Waals surface area contributed by atoms with Crippen molar-refractivity contribution in [2.75, 3.05) is 38.5 Å². The highest BCUT2D eigenvalue weighted by molar-refractivity contribution is 7.91. The first kappa shape index (κ1) is 28.6. The zero-order valence-corrected chi connectivity index (χ0v) is 23.0. The first-order chi connectivity index (χ1) is 17.9. The highest BCUT2D eigenvalue weighted by Crippen LogP contribution is 2.38. The average molecular weight is 549 g/mol. The molecule has 2 aromatic carbocycles. The van der Waals surface area contributed by atoms with Crippen LogP contribution >= 0.6 is 0 Å². The SMILES string of the molecule is CC(C)(CC(=O)O)N1C[C@H](CN2CCC(CCS(=O)(=O)c3ccc(F)cc3)CC2)[C@@H](c2cccc(F)c2)C1. The molecule has 0 amide bonds. The minimum absolute atomic E-state index is 0.0435. The Bertz CT molecular complexity index is 1210. The molecule has 38 heavy (non-hydrogen) atoms. The number of aliphatic carboxylic acids is 1. The predicted octanol–water partition coefficient (Wildman–Crippen LogP) is 4.81. The van der Waals surface area contributed by atoms with Gasteiger partial charge in [-0.3, -0.25) is 9.69 Å². The van der Waals surface area contributed by atoms with Crippen molar-refractivity contribution in [1.29, 1.82) is 0 Å². The van der Waals surface area contributed by atoms with E-state index in [1.54, 1.807) is 12.1 Å². The summed E-state index contributed by atoms with van der Waals surface area (Å²) in [6.07, 6.45) is 2.44. The Hall–Kier alpha value is -2.36. The second-order valence-electron chi connectivity index (χ2n) is 11.5. The van der Waals surface area contributed by atoms with Gasteiger partial charge in [-0.1, -0.05) is 12.1 Å². The molecule has 0 radical (unpaired) electrons. The third kappa shape index (κ3) is 7.18. The fourth-order valence-electron chi connectivity index (χ4n) is 6.02. The molecule has 2 aromatic rings. The number of likely N-dealkylation sites (tertiary alicyclic amines) is 2. The second-order valence-corrected chi connectivity index (χ2v) is 13.6. The summed E-state index contributed by atoms with van der Waals surface area (Å²) in [6, 6.07) is 11.7. The van der Waals surface area contributed by atoms with Crippen molar-refractivity contribution in [1.82, 2.24) is 9.80 Å². The number of benzene rings is 2. The van der Waals surface area contributed by atoms with Crippen LogP contribution in [0.5, 0.6) is 0 Å². The maximum absolute atomic E-state index is 14.1. The van der Waals surface area contributed by atoms with Crippen molar-refractivity contribution in [3.63, 3.8) is 0 Å². The topological polar surface area (TPSA) is 77.9 Å². The number of carbonyl (C=O) groups is 1. The van der Waals surface area contributed by atoms with E-state index in [0.717, 1.165) is 44.6 Å². The molecule has 0 aromatic heterocycles. The van der Waals surface area contributed by atoms with Gasteiger partial charge in [-0.15, -0.1) is 0 Å². The van der Waals surface area contributed by atoms with Crippen molar-refractivity contribution in [3.05, 3.63) is 65.7 Å². The molecule has 1 N–H and O–H groups in total. The number of hydrogen-bond donors (Lipinski definition) is 1. The number of nitrogens with zero attached hydrogens (tertiary/aromatic N) is 2. The zero-order chi connectivity index (χ0) is 27.5. The molecule has 4 rings (SSSR count). The summed E-state index contributed by atoms with van der Waals surface area (Å²) in [5, 5.41) is 9.41. The van der Waals surface area contributed by atoms with Gasteiger partial charge in [-0.2, -0.15) is 0 Å². The molecule has 2 saturated heterocycles. The van der Waals surface area contributed by atoms with Crippen LogP contribution in [0, 0.1) is 23.5 Å². The normalized spacial score (nSPS) is 22.1. The van der Waals surface area contributed by atoms with E-state index in [2.05, 4.69) is 9.80 Å². The lowest BCUT2D eigenvalue weighted by Crippen LogP contribution is -2.45. The molecule has 2 atom stereocenters. The minimum atomic E-state index is -3.44. The molecule has 0 aliphatic carbocycles. The number of piperidine rings is 1. The molecule has 0 unspecified atom stereocenters. The van der Waals surface area contributed by atoms with Crippen LogP contribution in [0.4, 0.5) is 8.78 Å². The Kier molecular flexibility index (Phi) is 8.89. The van der Waals surface area contributed by atoms with Gasteiger partial charge in [0.1, 0.15) is 11.6 Å². The number of carboxylic acid groups (broad SMARTS) is 1. The van der Waals surface area contributed by atoms with Crippen LogP contribution in [0.25, 0.3) is 0 Å². The van der Waals surface area contributed by atoms with Crippen molar-refractivity contribution < 1.29 is 27.1 Å². The smallest absolute Gasteiger partial charge is 0.305 e. The van der Waals surface area contributed by atoms with Crippen LogP contribution < -0.4 is 0 Å². The molecule has 2 heterocycles. The largest absolute Gasteiger partial charge is 0.481 e. The highest BCUT2D eigenvalue weighted by atomic mass is 32.2. The van der Waals surface area contributed by atoms with E-state index < -0.39 is 27.2 Å². The van der Waals surface area contributed by atoms with Gasteiger partial charge < -0.3 is 10.0 Å². The molecule has 9 heteroatoms. The van der Waals surface area contributed by atoms with Crippen LogP contribution in [-0.4, -0.2) is 73.3 Å². The molecule has 0 bridgehead atoms. The van der Waals surface area contributed by atoms with Crippen LogP contribution in [0.15, 0.2) is 53.4 Å². The fourth-order valence-corrected chi connectivity index (χ4v) is 7.45. The predicted molar refractivity (Wildman–Crippen MR) is 143 cm³/mol. The lowest BCUT2D eigenvalue weighted by Gasteiger charge is -2.36. The maximum Gasteiger partial charge on any atom is 0.305 e. The molecular formula is C29H38F2N2O4S. The minimum Gasteiger partial charge on any atom is -0.481 e. The van der Waals surface area contributed by atoms with E-state index >= 15 is 0 Å². The first-order valence-electron chi connectivity index (χ1n) is 13.4. The van der Waals surface area contributed by atoms with E-state index in [-0.39, 0.29) is 34.7 Å². The second kappa shape index (κ2) is 11.8. The summed E-state index contributed by atoms with van der Waals surface area (Å²) in [5.41, 5.74) is 0.444. The number of carboxylic acids is 1. The number of rotatable bonds is 10. The van der Waals surface area contributed by atoms with E-state index in [1.165, 1.54) is 30.3 Å². The van der Waals surface area contributed by atoms with Gasteiger partial charge in [0.2, 0.25) is 0 Å². The third-order valence-corrected chi connectivity index (χ3v) is 10.1. The standard InChI is InChI=1S/C29H38F2N2O4S/c1-29(2,17-28(34)35)33-19-23(27(20-33)22-4-3-5-25(31)16-22)18-32-13-10-21(11-14-32)12-15-38(36,37)26-8-6-24(30)7-9-26/h3-9,16,21,23,27H,10-15,17-20H2,1-2H3,(H,34,35)/t23-,27+/m0/s1. The van der Waals surface area contributed by atoms with Gasteiger partial charge in [0, 0.05) is 31.1 Å². The van der Waals surface area contributed by atoms with Crippen LogP contribution in [0.1, 0.15) is 51.0 Å². The number of sulfone groups is 1. The quantitative estimate of drug-likeness (QED) is 0.430. The molecule has 2 fully saturated rings. The number of halogens is 2. The Balaban J connectivity index is 1.35. The van der Waals surface area contributed by atoms with E-state index in [4.69, 9.17) is 0 Å². The molecule has 6 nitrogen and oxygen atoms in total. The molecule has 2 aliphatic rings. The first-order valence-corrected chi connectivity index (χ1v) is 15.0. The van der Waals surface area contributed by atoms with Crippen molar-refractivity contribution in [2.45, 2.75) is 55.9 Å². The molecule has 208 valence electrons. The maximum atomic E-state index is 14.1.